The second-order valence-electron chi connectivity index (χ2n) is 5.92. The van der Waals surface area contributed by atoms with Crippen LogP contribution in [0, 0.1) is 5.21 Å². The average molecular weight is 323 g/mol. The van der Waals surface area contributed by atoms with Crippen molar-refractivity contribution in [3.05, 3.63) is 35.0 Å². The van der Waals surface area contributed by atoms with E-state index in [-0.39, 0.29) is 10.9 Å². The highest BCUT2D eigenvalue weighted by Crippen LogP contribution is 2.38. The molecule has 0 spiro atoms. The fraction of sp³-hybridized carbons (Fsp3) is 0.467. The number of hydroxylamine groups is 1. The highest BCUT2D eigenvalue weighted by atomic mass is 32.2. The predicted octanol–water partition coefficient (Wildman–Crippen LogP) is 2.75. The van der Waals surface area contributed by atoms with E-state index in [1.54, 1.807) is 6.21 Å². The Kier molecular flexibility index (Phi) is 4.49. The van der Waals surface area contributed by atoms with Crippen LogP contribution in [0.15, 0.2) is 24.3 Å². The van der Waals surface area contributed by atoms with Crippen LogP contribution in [0.1, 0.15) is 19.4 Å². The molecule has 1 aliphatic heterocycles. The van der Waals surface area contributed by atoms with Gasteiger partial charge >= 0.3 is 0 Å². The van der Waals surface area contributed by atoms with Gasteiger partial charge in [-0.1, -0.05) is 12.2 Å². The maximum absolute atomic E-state index is 12.5. The van der Waals surface area contributed by atoms with E-state index in [2.05, 4.69) is 0 Å². The van der Waals surface area contributed by atoms with Crippen LogP contribution in [0.3, 0.4) is 0 Å². The van der Waals surface area contributed by atoms with Crippen LogP contribution in [-0.4, -0.2) is 52.2 Å². The second kappa shape index (κ2) is 5.85. The zero-order chi connectivity index (χ0) is 15.8. The van der Waals surface area contributed by atoms with Gasteiger partial charge in [-0.2, -0.15) is 4.74 Å². The predicted molar refractivity (Wildman–Crippen MR) is 95.4 cm³/mol. The van der Waals surface area contributed by atoms with E-state index in [4.69, 9.17) is 12.2 Å². The lowest BCUT2D eigenvalue weighted by Gasteiger charge is -2.30. The smallest absolute Gasteiger partial charge is 0.238 e. The Hall–Kier alpha value is -1.27. The van der Waals surface area contributed by atoms with Crippen molar-refractivity contribution in [1.82, 2.24) is 4.90 Å². The van der Waals surface area contributed by atoms with Gasteiger partial charge in [0, 0.05) is 32.4 Å². The number of thioether (sulfide) groups is 1. The van der Waals surface area contributed by atoms with Crippen LogP contribution < -0.4 is 4.90 Å². The summed E-state index contributed by atoms with van der Waals surface area (Å²) < 4.78 is 1.78. The Morgan fingerprint density at radius 3 is 2.33 bits per heavy atom. The molecule has 1 heterocycles. The van der Waals surface area contributed by atoms with Gasteiger partial charge in [0.05, 0.1) is 0 Å². The molecule has 114 valence electrons. The summed E-state index contributed by atoms with van der Waals surface area (Å²) in [7, 11) is 5.93. The summed E-state index contributed by atoms with van der Waals surface area (Å²) in [6.45, 7) is 4.08. The molecule has 0 radical (unpaired) electrons. The molecule has 21 heavy (non-hydrogen) atoms. The van der Waals surface area contributed by atoms with E-state index in [0.29, 0.717) is 0 Å². The number of benzene rings is 1. The van der Waals surface area contributed by atoms with Gasteiger partial charge in [0.25, 0.3) is 0 Å². The lowest BCUT2D eigenvalue weighted by molar-refractivity contribution is -0.480. The minimum Gasteiger partial charge on any atom is -0.623 e. The van der Waals surface area contributed by atoms with Gasteiger partial charge in [0.2, 0.25) is 5.37 Å². The molecule has 1 aromatic carbocycles. The quantitative estimate of drug-likeness (QED) is 0.281. The van der Waals surface area contributed by atoms with E-state index >= 15 is 0 Å². The van der Waals surface area contributed by atoms with Gasteiger partial charge in [0.15, 0.2) is 6.21 Å². The number of hydrogen-bond acceptors (Lipinski definition) is 4. The van der Waals surface area contributed by atoms with E-state index in [0.717, 1.165) is 20.3 Å². The monoisotopic (exact) mass is 323 g/mol. The molecule has 1 aliphatic rings. The van der Waals surface area contributed by atoms with Crippen LogP contribution in [0.4, 0.5) is 5.69 Å². The Morgan fingerprint density at radius 2 is 1.90 bits per heavy atom. The van der Waals surface area contributed by atoms with E-state index < -0.39 is 0 Å². The molecule has 2 rings (SSSR count). The summed E-state index contributed by atoms with van der Waals surface area (Å²) in [5, 5.41) is 12.3. The maximum Gasteiger partial charge on any atom is 0.238 e. The second-order valence-corrected chi connectivity index (χ2v) is 7.64. The maximum atomic E-state index is 12.5. The molecular formula is C15H21N3OS2. The molecule has 1 atom stereocenters. The lowest BCUT2D eigenvalue weighted by Crippen LogP contribution is -2.47. The normalized spacial score (nSPS) is 21.8. The number of anilines is 1. The molecule has 0 saturated carbocycles. The first-order chi connectivity index (χ1) is 9.73. The summed E-state index contributed by atoms with van der Waals surface area (Å²) in [5.74, 6) is 0. The van der Waals surface area contributed by atoms with Crippen molar-refractivity contribution in [2.45, 2.75) is 24.8 Å². The lowest BCUT2D eigenvalue weighted by atomic mass is 10.0. The van der Waals surface area contributed by atoms with E-state index in [1.165, 1.54) is 11.8 Å². The molecule has 6 heteroatoms. The first-order valence-corrected chi connectivity index (χ1v) is 8.04. The molecule has 0 aromatic heterocycles. The SMILES string of the molecule is CN(C)c1ccc(C=[N+]([O-])[C@H]2SC(=S)N(C)C2(C)C)cc1. The summed E-state index contributed by atoms with van der Waals surface area (Å²) in [4.78, 5) is 4.02. The highest BCUT2D eigenvalue weighted by Gasteiger charge is 2.48. The van der Waals surface area contributed by atoms with Crippen LogP contribution in [0.5, 0.6) is 0 Å². The molecule has 0 aliphatic carbocycles. The zero-order valence-corrected chi connectivity index (χ0v) is 14.7. The minimum atomic E-state index is -0.288. The molecule has 0 N–H and O–H groups in total. The van der Waals surface area contributed by atoms with Crippen molar-refractivity contribution < 1.29 is 4.74 Å². The number of likely N-dealkylation sites (N-methyl/N-ethyl adjacent to an activating group) is 1. The Bertz CT molecular complexity index is 567. The van der Waals surface area contributed by atoms with Crippen LogP contribution >= 0.6 is 24.0 Å². The number of rotatable bonds is 3. The van der Waals surface area contributed by atoms with Gasteiger partial charge in [-0.3, -0.25) is 0 Å². The van der Waals surface area contributed by atoms with Crippen molar-refractivity contribution in [2.75, 3.05) is 26.0 Å². The standard InChI is InChI=1S/C15H21N3OS2/c1-15(2)13(21-14(20)17(15)5)18(19)10-11-6-8-12(9-7-11)16(3)4/h6-10,13H,1-5H3/t13-/m0/s1. The van der Waals surface area contributed by atoms with Crippen LogP contribution in [0.25, 0.3) is 0 Å². The van der Waals surface area contributed by atoms with Crippen molar-refractivity contribution in [3.63, 3.8) is 0 Å². The third-order valence-electron chi connectivity index (χ3n) is 3.87. The van der Waals surface area contributed by atoms with Gasteiger partial charge in [-0.15, -0.1) is 0 Å². The zero-order valence-electron chi connectivity index (χ0n) is 13.0. The summed E-state index contributed by atoms with van der Waals surface area (Å²) in [5.41, 5.74) is 1.72. The first-order valence-electron chi connectivity index (χ1n) is 6.75. The van der Waals surface area contributed by atoms with Crippen molar-refractivity contribution in [2.24, 2.45) is 0 Å². The number of thiocarbonyl (C=S) groups is 1. The highest BCUT2D eigenvalue weighted by molar-refractivity contribution is 8.23. The molecule has 0 bridgehead atoms. The minimum absolute atomic E-state index is 0.233. The van der Waals surface area contributed by atoms with Gasteiger partial charge in [0.1, 0.15) is 9.86 Å². The number of hydrogen-bond donors (Lipinski definition) is 0. The topological polar surface area (TPSA) is 32.5 Å². The molecule has 1 saturated heterocycles. The van der Waals surface area contributed by atoms with Gasteiger partial charge in [-0.25, -0.2) is 0 Å². The van der Waals surface area contributed by atoms with Crippen LogP contribution in [0.2, 0.25) is 0 Å². The van der Waals surface area contributed by atoms with Gasteiger partial charge in [-0.05, 0) is 49.9 Å². The molecule has 4 nitrogen and oxygen atoms in total. The molecule has 1 aromatic rings. The van der Waals surface area contributed by atoms with Crippen molar-refractivity contribution in [1.29, 1.82) is 0 Å². The number of nitrogens with zero attached hydrogens (tertiary/aromatic N) is 3. The van der Waals surface area contributed by atoms with Gasteiger partial charge < -0.3 is 15.0 Å². The molecule has 1 fully saturated rings. The largest absolute Gasteiger partial charge is 0.623 e. The third kappa shape index (κ3) is 3.16. The van der Waals surface area contributed by atoms with E-state index in [9.17, 15) is 5.21 Å². The first kappa shape index (κ1) is 16.1. The average Bonchev–Trinajstić information content (AvgIpc) is 2.63. The third-order valence-corrected chi connectivity index (χ3v) is 5.92. The molecule has 0 unspecified atom stereocenters. The molecule has 0 amide bonds. The van der Waals surface area contributed by atoms with Crippen LogP contribution in [-0.2, 0) is 0 Å². The summed E-state index contributed by atoms with van der Waals surface area (Å²) in [6.07, 6.45) is 1.64. The summed E-state index contributed by atoms with van der Waals surface area (Å²) in [6, 6.07) is 7.91. The molecular weight excluding hydrogens is 302 g/mol. The fourth-order valence-corrected chi connectivity index (χ4v) is 3.86. The van der Waals surface area contributed by atoms with Crippen molar-refractivity contribution >= 4 is 40.2 Å². The fourth-order valence-electron chi connectivity index (χ4n) is 2.16. The Balaban J connectivity index is 2.23. The van der Waals surface area contributed by atoms with E-state index in [1.807, 2.05) is 69.1 Å². The van der Waals surface area contributed by atoms with Crippen molar-refractivity contribution in [3.8, 4) is 0 Å². The summed E-state index contributed by atoms with van der Waals surface area (Å²) >= 11 is 6.75. The Labute approximate surface area is 136 Å². The Morgan fingerprint density at radius 1 is 1.33 bits per heavy atom.